The Balaban J connectivity index is 1.44. The lowest BCUT2D eigenvalue weighted by molar-refractivity contribution is 0.202. The summed E-state index contributed by atoms with van der Waals surface area (Å²) in [6, 6.07) is 16.7. The van der Waals surface area contributed by atoms with Crippen LogP contribution in [0.25, 0.3) is 10.8 Å². The standard InChI is InChI=1S/C29H25ClF4O/c1-35-13-12-19-3-7-21(25(31)15-19)6-2-18-5-11-24-23(14-18)10-9-22(29(24)34)8-4-20-16-26(32)28(30)27(33)17-20/h3,5,7,9-11,14-17H,2,4,6,8,12-13H2,1H3. The Hall–Kier alpha value is -2.89. The Labute approximate surface area is 207 Å². The monoisotopic (exact) mass is 500 g/mol. The minimum absolute atomic E-state index is 0.226. The summed E-state index contributed by atoms with van der Waals surface area (Å²) in [5.74, 6) is -2.22. The second-order valence-corrected chi connectivity index (χ2v) is 9.01. The maximum absolute atomic E-state index is 15.1. The van der Waals surface area contributed by atoms with Crippen LogP contribution in [0.15, 0.2) is 60.7 Å². The number of hydrogen-bond donors (Lipinski definition) is 0. The van der Waals surface area contributed by atoms with Crippen molar-refractivity contribution in [1.29, 1.82) is 0 Å². The summed E-state index contributed by atoms with van der Waals surface area (Å²) in [5.41, 5.74) is 3.41. The fraction of sp³-hybridized carbons (Fsp3) is 0.241. The highest BCUT2D eigenvalue weighted by Crippen LogP contribution is 2.26. The molecule has 0 unspecified atom stereocenters. The molecule has 0 bridgehead atoms. The van der Waals surface area contributed by atoms with Crippen molar-refractivity contribution in [3.63, 3.8) is 0 Å². The first kappa shape index (κ1) is 25.2. The van der Waals surface area contributed by atoms with E-state index in [9.17, 15) is 13.2 Å². The zero-order valence-electron chi connectivity index (χ0n) is 19.3. The number of rotatable bonds is 9. The van der Waals surface area contributed by atoms with Gasteiger partial charge in [0.2, 0.25) is 0 Å². The van der Waals surface area contributed by atoms with Crippen LogP contribution >= 0.6 is 11.6 Å². The van der Waals surface area contributed by atoms with Crippen LogP contribution in [-0.4, -0.2) is 13.7 Å². The maximum Gasteiger partial charge on any atom is 0.145 e. The van der Waals surface area contributed by atoms with Crippen molar-refractivity contribution in [3.8, 4) is 0 Å². The molecular formula is C29H25ClF4O. The second-order valence-electron chi connectivity index (χ2n) is 8.64. The molecule has 0 atom stereocenters. The van der Waals surface area contributed by atoms with Crippen LogP contribution in [0.5, 0.6) is 0 Å². The third-order valence-electron chi connectivity index (χ3n) is 6.22. The van der Waals surface area contributed by atoms with Crippen LogP contribution in [0.3, 0.4) is 0 Å². The molecule has 4 rings (SSSR count). The van der Waals surface area contributed by atoms with Gasteiger partial charge in [-0.3, -0.25) is 0 Å². The van der Waals surface area contributed by atoms with Crippen LogP contribution in [-0.2, 0) is 36.8 Å². The molecule has 4 aromatic carbocycles. The molecule has 182 valence electrons. The normalized spacial score (nSPS) is 11.4. The van der Waals surface area contributed by atoms with Crippen molar-refractivity contribution in [2.75, 3.05) is 13.7 Å². The van der Waals surface area contributed by atoms with E-state index in [0.717, 1.165) is 16.5 Å². The minimum Gasteiger partial charge on any atom is -0.384 e. The molecule has 35 heavy (non-hydrogen) atoms. The fourth-order valence-electron chi connectivity index (χ4n) is 4.21. The molecule has 0 fully saturated rings. The number of aryl methyl sites for hydroxylation is 4. The lowest BCUT2D eigenvalue weighted by atomic mass is 9.97. The van der Waals surface area contributed by atoms with Crippen molar-refractivity contribution in [3.05, 3.63) is 117 Å². The zero-order chi connectivity index (χ0) is 24.9. The molecule has 0 saturated heterocycles. The molecule has 0 heterocycles. The van der Waals surface area contributed by atoms with Gasteiger partial charge in [-0.15, -0.1) is 0 Å². The van der Waals surface area contributed by atoms with E-state index in [-0.39, 0.29) is 18.1 Å². The molecule has 0 amide bonds. The molecule has 0 saturated carbocycles. The van der Waals surface area contributed by atoms with Gasteiger partial charge in [-0.25, -0.2) is 17.6 Å². The van der Waals surface area contributed by atoms with Crippen LogP contribution in [0.4, 0.5) is 17.6 Å². The first-order valence-corrected chi connectivity index (χ1v) is 11.8. The highest BCUT2D eigenvalue weighted by Gasteiger charge is 2.12. The summed E-state index contributed by atoms with van der Waals surface area (Å²) in [4.78, 5) is 0. The van der Waals surface area contributed by atoms with Gasteiger partial charge in [-0.2, -0.15) is 0 Å². The van der Waals surface area contributed by atoms with E-state index < -0.39 is 16.7 Å². The van der Waals surface area contributed by atoms with Crippen LogP contribution in [0.2, 0.25) is 5.02 Å². The van der Waals surface area contributed by atoms with Crippen molar-refractivity contribution in [1.82, 2.24) is 0 Å². The Kier molecular flexibility index (Phi) is 8.09. The Morgan fingerprint density at radius 1 is 0.629 bits per heavy atom. The summed E-state index contributed by atoms with van der Waals surface area (Å²) < 4.78 is 62.0. The summed E-state index contributed by atoms with van der Waals surface area (Å²) in [6.07, 6.45) is 2.41. The quantitative estimate of drug-likeness (QED) is 0.168. The topological polar surface area (TPSA) is 9.23 Å². The predicted octanol–water partition coefficient (Wildman–Crippen LogP) is 7.81. The molecule has 0 spiro atoms. The third kappa shape index (κ3) is 6.03. The third-order valence-corrected chi connectivity index (χ3v) is 6.58. The van der Waals surface area contributed by atoms with E-state index in [1.54, 1.807) is 25.3 Å². The van der Waals surface area contributed by atoms with E-state index >= 15 is 4.39 Å². The first-order valence-electron chi connectivity index (χ1n) is 11.5. The largest absolute Gasteiger partial charge is 0.384 e. The van der Waals surface area contributed by atoms with Gasteiger partial charge in [-0.1, -0.05) is 54.1 Å². The highest BCUT2D eigenvalue weighted by atomic mass is 35.5. The summed E-state index contributed by atoms with van der Waals surface area (Å²) in [5, 5.41) is 0.694. The van der Waals surface area contributed by atoms with Gasteiger partial charge in [0, 0.05) is 12.5 Å². The minimum atomic E-state index is -0.824. The molecule has 1 nitrogen and oxygen atoms in total. The average Bonchev–Trinajstić information content (AvgIpc) is 2.85. The number of hydrogen-bond acceptors (Lipinski definition) is 1. The number of halogens is 5. The zero-order valence-corrected chi connectivity index (χ0v) is 20.1. The fourth-order valence-corrected chi connectivity index (χ4v) is 4.32. The number of fused-ring (bicyclic) bond motifs is 1. The highest BCUT2D eigenvalue weighted by molar-refractivity contribution is 6.30. The summed E-state index contributed by atoms with van der Waals surface area (Å²) >= 11 is 5.53. The molecule has 0 aliphatic heterocycles. The molecule has 4 aromatic rings. The van der Waals surface area contributed by atoms with Gasteiger partial charge < -0.3 is 4.74 Å². The Morgan fingerprint density at radius 3 is 1.94 bits per heavy atom. The first-order chi connectivity index (χ1) is 16.9. The lowest BCUT2D eigenvalue weighted by Gasteiger charge is -2.10. The average molecular weight is 501 g/mol. The van der Waals surface area contributed by atoms with Gasteiger partial charge in [0.25, 0.3) is 0 Å². The second kappa shape index (κ2) is 11.2. The molecule has 6 heteroatoms. The van der Waals surface area contributed by atoms with Crippen LogP contribution in [0.1, 0.15) is 27.8 Å². The lowest BCUT2D eigenvalue weighted by Crippen LogP contribution is -2.00. The van der Waals surface area contributed by atoms with Crippen molar-refractivity contribution in [2.45, 2.75) is 32.1 Å². The van der Waals surface area contributed by atoms with E-state index in [1.807, 2.05) is 30.3 Å². The van der Waals surface area contributed by atoms with Gasteiger partial charge in [0.05, 0.1) is 6.61 Å². The van der Waals surface area contributed by atoms with Crippen molar-refractivity contribution < 1.29 is 22.3 Å². The Morgan fingerprint density at radius 2 is 1.23 bits per heavy atom. The van der Waals surface area contributed by atoms with E-state index in [0.29, 0.717) is 54.4 Å². The van der Waals surface area contributed by atoms with Gasteiger partial charge in [0.1, 0.15) is 28.3 Å². The number of benzene rings is 4. The molecular weight excluding hydrogens is 476 g/mol. The summed E-state index contributed by atoms with van der Waals surface area (Å²) in [7, 11) is 1.62. The molecule has 0 aliphatic rings. The summed E-state index contributed by atoms with van der Waals surface area (Å²) in [6.45, 7) is 0.548. The van der Waals surface area contributed by atoms with Gasteiger partial charge in [-0.05, 0) is 83.5 Å². The van der Waals surface area contributed by atoms with Crippen molar-refractivity contribution in [2.24, 2.45) is 0 Å². The maximum atomic E-state index is 15.1. The smallest absolute Gasteiger partial charge is 0.145 e. The van der Waals surface area contributed by atoms with Crippen LogP contribution in [0, 0.1) is 23.3 Å². The van der Waals surface area contributed by atoms with Gasteiger partial charge in [0.15, 0.2) is 0 Å². The van der Waals surface area contributed by atoms with Crippen molar-refractivity contribution >= 4 is 22.4 Å². The molecule has 0 aliphatic carbocycles. The number of ether oxygens (including phenoxy) is 1. The van der Waals surface area contributed by atoms with Crippen LogP contribution < -0.4 is 0 Å². The Bertz CT molecular complexity index is 1330. The molecule has 0 radical (unpaired) electrons. The van der Waals surface area contributed by atoms with E-state index in [4.69, 9.17) is 16.3 Å². The van der Waals surface area contributed by atoms with E-state index in [1.165, 1.54) is 12.1 Å². The van der Waals surface area contributed by atoms with Gasteiger partial charge >= 0.3 is 0 Å². The number of methoxy groups -OCH3 is 1. The molecule has 0 N–H and O–H groups in total. The SMILES string of the molecule is COCCc1ccc(CCc2ccc3c(F)c(CCc4cc(F)c(Cl)c(F)c4)ccc3c2)c(F)c1. The molecule has 0 aromatic heterocycles. The van der Waals surface area contributed by atoms with E-state index in [2.05, 4.69) is 0 Å². The predicted molar refractivity (Wildman–Crippen MR) is 132 cm³/mol.